The fourth-order valence-electron chi connectivity index (χ4n) is 1.47. The van der Waals surface area contributed by atoms with E-state index in [1.54, 1.807) is 6.92 Å². The molecule has 5 heteroatoms. The number of para-hydroxylation sites is 1. The minimum Gasteiger partial charge on any atom is -0.485 e. The van der Waals surface area contributed by atoms with Crippen LogP contribution in [0.4, 0.5) is 0 Å². The number of benzene rings is 1. The molecule has 0 aliphatic rings. The number of nitrogens with one attached hydrogen (secondary N) is 2. The maximum absolute atomic E-state index is 11.1. The lowest BCUT2D eigenvalue weighted by Crippen LogP contribution is -2.24. The number of rotatable bonds is 3. The molecule has 0 aliphatic carbocycles. The van der Waals surface area contributed by atoms with Gasteiger partial charge in [0.2, 0.25) is 0 Å². The molecule has 0 bridgehead atoms. The fraction of sp³-hybridized carbons (Fsp3) is 0.167. The van der Waals surface area contributed by atoms with Crippen molar-refractivity contribution in [3.63, 3.8) is 0 Å². The number of H-pyrrole nitrogens is 2. The van der Waals surface area contributed by atoms with Gasteiger partial charge in [0, 0.05) is 6.07 Å². The lowest BCUT2D eigenvalue weighted by Gasteiger charge is -2.13. The van der Waals surface area contributed by atoms with Gasteiger partial charge < -0.3 is 9.72 Å². The first-order valence-electron chi connectivity index (χ1n) is 5.20. The summed E-state index contributed by atoms with van der Waals surface area (Å²) in [6.45, 7) is 1.76. The quantitative estimate of drug-likeness (QED) is 0.835. The third kappa shape index (κ3) is 2.84. The van der Waals surface area contributed by atoms with Crippen molar-refractivity contribution in [2.75, 3.05) is 0 Å². The predicted molar refractivity (Wildman–Crippen MR) is 63.2 cm³/mol. The summed E-state index contributed by atoms with van der Waals surface area (Å²) in [6.07, 6.45) is -0.396. The van der Waals surface area contributed by atoms with Gasteiger partial charge in [-0.1, -0.05) is 18.2 Å². The fourth-order valence-corrected chi connectivity index (χ4v) is 1.47. The maximum Gasteiger partial charge on any atom is 0.326 e. The van der Waals surface area contributed by atoms with Crippen molar-refractivity contribution < 1.29 is 4.74 Å². The van der Waals surface area contributed by atoms with Crippen LogP contribution in [0.3, 0.4) is 0 Å². The van der Waals surface area contributed by atoms with Crippen molar-refractivity contribution in [3.05, 3.63) is 62.9 Å². The van der Waals surface area contributed by atoms with Crippen LogP contribution in [-0.2, 0) is 0 Å². The molecule has 2 aromatic rings. The Morgan fingerprint density at radius 2 is 1.82 bits per heavy atom. The highest BCUT2D eigenvalue weighted by Gasteiger charge is 2.09. The summed E-state index contributed by atoms with van der Waals surface area (Å²) in [6, 6.07) is 10.5. The highest BCUT2D eigenvalue weighted by molar-refractivity contribution is 5.22. The third-order valence-electron chi connectivity index (χ3n) is 2.28. The van der Waals surface area contributed by atoms with Crippen LogP contribution in [0.15, 0.2) is 46.0 Å². The molecule has 0 fully saturated rings. The summed E-state index contributed by atoms with van der Waals surface area (Å²) in [7, 11) is 0. The van der Waals surface area contributed by atoms with Crippen molar-refractivity contribution in [2.45, 2.75) is 13.0 Å². The lowest BCUT2D eigenvalue weighted by molar-refractivity contribution is 0.221. The number of aromatic amines is 2. The zero-order valence-corrected chi connectivity index (χ0v) is 9.27. The summed E-state index contributed by atoms with van der Waals surface area (Å²) < 4.78 is 5.59. The Hall–Kier alpha value is -2.30. The number of hydrogen-bond donors (Lipinski definition) is 2. The third-order valence-corrected chi connectivity index (χ3v) is 2.28. The van der Waals surface area contributed by atoms with Crippen molar-refractivity contribution in [2.24, 2.45) is 0 Å². The molecule has 0 unspecified atom stereocenters. The average molecular weight is 232 g/mol. The van der Waals surface area contributed by atoms with E-state index in [1.807, 2.05) is 30.3 Å². The first kappa shape index (κ1) is 11.2. The van der Waals surface area contributed by atoms with Crippen LogP contribution in [0.1, 0.15) is 18.7 Å². The number of ether oxygens (including phenoxy) is 1. The molecule has 1 heterocycles. The molecule has 0 radical (unpaired) electrons. The molecule has 0 spiro atoms. The van der Waals surface area contributed by atoms with Gasteiger partial charge in [0.15, 0.2) is 0 Å². The van der Waals surface area contributed by atoms with Crippen molar-refractivity contribution >= 4 is 0 Å². The first-order valence-corrected chi connectivity index (χ1v) is 5.20. The minimum atomic E-state index is -0.531. The Kier molecular flexibility index (Phi) is 3.09. The largest absolute Gasteiger partial charge is 0.485 e. The van der Waals surface area contributed by atoms with E-state index < -0.39 is 17.4 Å². The van der Waals surface area contributed by atoms with Crippen LogP contribution >= 0.6 is 0 Å². The van der Waals surface area contributed by atoms with Crippen LogP contribution in [0.25, 0.3) is 0 Å². The summed E-state index contributed by atoms with van der Waals surface area (Å²) in [4.78, 5) is 26.9. The van der Waals surface area contributed by atoms with Crippen LogP contribution in [-0.4, -0.2) is 9.97 Å². The van der Waals surface area contributed by atoms with E-state index in [4.69, 9.17) is 4.74 Å². The van der Waals surface area contributed by atoms with Gasteiger partial charge in [-0.25, -0.2) is 4.79 Å². The molecule has 1 atom stereocenters. The molecule has 0 saturated carbocycles. The summed E-state index contributed by atoms with van der Waals surface area (Å²) >= 11 is 0. The van der Waals surface area contributed by atoms with E-state index in [0.717, 1.165) is 0 Å². The molecule has 0 aliphatic heterocycles. The van der Waals surface area contributed by atoms with E-state index in [2.05, 4.69) is 9.97 Å². The Bertz CT molecular complexity index is 573. The molecule has 5 nitrogen and oxygen atoms in total. The SMILES string of the molecule is C[C@@H](Oc1ccccc1)c1cc(=O)[nH]c(=O)[nH]1. The molecule has 0 saturated heterocycles. The van der Waals surface area contributed by atoms with E-state index in [1.165, 1.54) is 6.07 Å². The normalized spacial score (nSPS) is 12.1. The first-order chi connectivity index (χ1) is 8.15. The van der Waals surface area contributed by atoms with Gasteiger partial charge in [0.25, 0.3) is 5.56 Å². The van der Waals surface area contributed by atoms with Gasteiger partial charge in [0.05, 0.1) is 5.69 Å². The Balaban J connectivity index is 2.23. The zero-order valence-electron chi connectivity index (χ0n) is 9.27. The van der Waals surface area contributed by atoms with Gasteiger partial charge in [-0.3, -0.25) is 9.78 Å². The molecule has 17 heavy (non-hydrogen) atoms. The highest BCUT2D eigenvalue weighted by Crippen LogP contribution is 2.18. The van der Waals surface area contributed by atoms with Gasteiger partial charge in [-0.2, -0.15) is 0 Å². The second-order valence-electron chi connectivity index (χ2n) is 3.62. The molecular weight excluding hydrogens is 220 g/mol. The monoisotopic (exact) mass is 232 g/mol. The average Bonchev–Trinajstić information content (AvgIpc) is 2.29. The Morgan fingerprint density at radius 1 is 1.12 bits per heavy atom. The lowest BCUT2D eigenvalue weighted by atomic mass is 10.2. The van der Waals surface area contributed by atoms with E-state index in [9.17, 15) is 9.59 Å². The van der Waals surface area contributed by atoms with Gasteiger partial charge >= 0.3 is 5.69 Å². The van der Waals surface area contributed by atoms with Crippen LogP contribution in [0, 0.1) is 0 Å². The molecule has 2 N–H and O–H groups in total. The number of hydrogen-bond acceptors (Lipinski definition) is 3. The van der Waals surface area contributed by atoms with E-state index >= 15 is 0 Å². The topological polar surface area (TPSA) is 75.0 Å². The van der Waals surface area contributed by atoms with Crippen molar-refractivity contribution in [3.8, 4) is 5.75 Å². The Morgan fingerprint density at radius 3 is 2.47 bits per heavy atom. The Labute approximate surface area is 97.1 Å². The van der Waals surface area contributed by atoms with Crippen LogP contribution < -0.4 is 16.0 Å². The van der Waals surface area contributed by atoms with Crippen molar-refractivity contribution in [1.29, 1.82) is 0 Å². The highest BCUT2D eigenvalue weighted by atomic mass is 16.5. The molecular formula is C12H12N2O3. The molecule has 1 aromatic carbocycles. The van der Waals surface area contributed by atoms with Gasteiger partial charge in [-0.15, -0.1) is 0 Å². The van der Waals surface area contributed by atoms with Crippen LogP contribution in [0.5, 0.6) is 5.75 Å². The van der Waals surface area contributed by atoms with Gasteiger partial charge in [-0.05, 0) is 19.1 Å². The van der Waals surface area contributed by atoms with Gasteiger partial charge in [0.1, 0.15) is 11.9 Å². The second kappa shape index (κ2) is 4.69. The molecule has 1 aromatic heterocycles. The van der Waals surface area contributed by atoms with Crippen molar-refractivity contribution in [1.82, 2.24) is 9.97 Å². The summed E-state index contributed by atoms with van der Waals surface area (Å²) in [5.74, 6) is 0.682. The maximum atomic E-state index is 11.1. The molecule has 88 valence electrons. The summed E-state index contributed by atoms with van der Waals surface area (Å²) in [5, 5.41) is 0. The molecule has 0 amide bonds. The molecule has 2 rings (SSSR count). The standard InChI is InChI=1S/C12H12N2O3/c1-8(17-9-5-3-2-4-6-9)10-7-11(15)14-12(16)13-10/h2-8H,1H3,(H2,13,14,15,16)/t8-/m1/s1. The van der Waals surface area contributed by atoms with E-state index in [0.29, 0.717) is 11.4 Å². The smallest absolute Gasteiger partial charge is 0.326 e. The summed E-state index contributed by atoms with van der Waals surface area (Å²) in [5.41, 5.74) is -0.522. The second-order valence-corrected chi connectivity index (χ2v) is 3.62. The van der Waals surface area contributed by atoms with Crippen LogP contribution in [0.2, 0.25) is 0 Å². The predicted octanol–water partition coefficient (Wildman–Crippen LogP) is 1.20. The van der Waals surface area contributed by atoms with E-state index in [-0.39, 0.29) is 0 Å². The number of aromatic nitrogens is 2. The minimum absolute atomic E-state index is 0.396. The zero-order chi connectivity index (χ0) is 12.3.